The van der Waals surface area contributed by atoms with Crippen LogP contribution in [0.25, 0.3) is 5.69 Å². The van der Waals surface area contributed by atoms with Crippen LogP contribution in [-0.2, 0) is 9.53 Å². The number of nitrogens with zero attached hydrogens (tertiary/aromatic N) is 2. The van der Waals surface area contributed by atoms with Gasteiger partial charge in [0.05, 0.1) is 17.6 Å². The van der Waals surface area contributed by atoms with E-state index in [2.05, 4.69) is 17.3 Å². The predicted molar refractivity (Wildman–Crippen MR) is 91.1 cm³/mol. The number of carbonyl (C=O) groups excluding carboxylic acids is 2. The minimum atomic E-state index is -0.548. The molecule has 0 saturated carbocycles. The maximum absolute atomic E-state index is 12.2. The fraction of sp³-hybridized carbons (Fsp3) is 0.389. The maximum atomic E-state index is 12.2. The normalized spacial score (nSPS) is 11.8. The van der Waals surface area contributed by atoms with E-state index < -0.39 is 5.97 Å². The molecule has 24 heavy (non-hydrogen) atoms. The summed E-state index contributed by atoms with van der Waals surface area (Å²) in [6, 6.07) is 9.58. The Morgan fingerprint density at radius 2 is 2.00 bits per heavy atom. The third-order valence-corrected chi connectivity index (χ3v) is 3.69. The second-order valence-electron chi connectivity index (χ2n) is 5.72. The van der Waals surface area contributed by atoms with E-state index >= 15 is 0 Å². The Balaban J connectivity index is 1.96. The summed E-state index contributed by atoms with van der Waals surface area (Å²) < 4.78 is 6.76. The molecule has 6 heteroatoms. The summed E-state index contributed by atoms with van der Waals surface area (Å²) >= 11 is 0. The molecule has 0 bridgehead atoms. The van der Waals surface area contributed by atoms with Crippen LogP contribution in [0.5, 0.6) is 0 Å². The van der Waals surface area contributed by atoms with Crippen LogP contribution in [0.4, 0.5) is 0 Å². The SMILES string of the molecule is CCCC(C)NC(=O)COC(=O)c1cnn(-c2ccccc2)c1C. The Kier molecular flexibility index (Phi) is 6.12. The summed E-state index contributed by atoms with van der Waals surface area (Å²) in [4.78, 5) is 23.9. The lowest BCUT2D eigenvalue weighted by molar-refractivity contribution is -0.124. The predicted octanol–water partition coefficient (Wildman–Crippen LogP) is 2.64. The van der Waals surface area contributed by atoms with Crippen LogP contribution in [0, 0.1) is 6.92 Å². The van der Waals surface area contributed by atoms with Gasteiger partial charge in [0.2, 0.25) is 0 Å². The van der Waals surface area contributed by atoms with Crippen LogP contribution in [0.3, 0.4) is 0 Å². The minimum absolute atomic E-state index is 0.0729. The standard InChI is InChI=1S/C18H23N3O3/c1-4-8-13(2)20-17(22)12-24-18(23)16-11-19-21(14(16)3)15-9-6-5-7-10-15/h5-7,9-11,13H,4,8,12H2,1-3H3,(H,20,22). The van der Waals surface area contributed by atoms with E-state index in [1.807, 2.05) is 37.3 Å². The van der Waals surface area contributed by atoms with Crippen LogP contribution in [-0.4, -0.2) is 34.3 Å². The molecule has 128 valence electrons. The second-order valence-corrected chi connectivity index (χ2v) is 5.72. The largest absolute Gasteiger partial charge is 0.452 e. The van der Waals surface area contributed by atoms with Gasteiger partial charge in [-0.2, -0.15) is 5.10 Å². The summed E-state index contributed by atoms with van der Waals surface area (Å²) in [6.07, 6.45) is 3.34. The van der Waals surface area contributed by atoms with E-state index in [0.29, 0.717) is 11.3 Å². The van der Waals surface area contributed by atoms with Crippen molar-refractivity contribution in [3.63, 3.8) is 0 Å². The zero-order chi connectivity index (χ0) is 17.5. The Labute approximate surface area is 141 Å². The van der Waals surface area contributed by atoms with Crippen molar-refractivity contribution in [2.75, 3.05) is 6.61 Å². The molecular weight excluding hydrogens is 306 g/mol. The number of ether oxygens (including phenoxy) is 1. The lowest BCUT2D eigenvalue weighted by Gasteiger charge is -2.12. The molecule has 6 nitrogen and oxygen atoms in total. The molecule has 0 spiro atoms. The molecule has 1 aromatic heterocycles. The first kappa shape index (κ1) is 17.7. The Morgan fingerprint density at radius 3 is 2.67 bits per heavy atom. The maximum Gasteiger partial charge on any atom is 0.342 e. The van der Waals surface area contributed by atoms with Crippen molar-refractivity contribution in [2.45, 2.75) is 39.7 Å². The van der Waals surface area contributed by atoms with Gasteiger partial charge in [-0.25, -0.2) is 9.48 Å². The molecule has 1 N–H and O–H groups in total. The highest BCUT2D eigenvalue weighted by Gasteiger charge is 2.18. The monoisotopic (exact) mass is 329 g/mol. The number of esters is 1. The first-order valence-electron chi connectivity index (χ1n) is 8.09. The number of para-hydroxylation sites is 1. The molecule has 0 radical (unpaired) electrons. The fourth-order valence-corrected chi connectivity index (χ4v) is 2.47. The van der Waals surface area contributed by atoms with E-state index in [1.54, 1.807) is 11.6 Å². The summed E-state index contributed by atoms with van der Waals surface area (Å²) in [6.45, 7) is 5.48. The van der Waals surface area contributed by atoms with Crippen molar-refractivity contribution in [1.29, 1.82) is 0 Å². The molecule has 0 aliphatic rings. The second kappa shape index (κ2) is 8.29. The third-order valence-electron chi connectivity index (χ3n) is 3.69. The molecule has 1 aromatic carbocycles. The van der Waals surface area contributed by atoms with E-state index in [4.69, 9.17) is 4.74 Å². The van der Waals surface area contributed by atoms with Gasteiger partial charge in [0.15, 0.2) is 6.61 Å². The first-order valence-corrected chi connectivity index (χ1v) is 8.09. The molecule has 0 aliphatic carbocycles. The Hall–Kier alpha value is -2.63. The van der Waals surface area contributed by atoms with Crippen molar-refractivity contribution >= 4 is 11.9 Å². The molecule has 2 rings (SSSR count). The molecule has 0 saturated heterocycles. The molecule has 0 fully saturated rings. The molecular formula is C18H23N3O3. The lowest BCUT2D eigenvalue weighted by atomic mass is 10.2. The number of hydrogen-bond acceptors (Lipinski definition) is 4. The molecule has 1 atom stereocenters. The number of benzene rings is 1. The topological polar surface area (TPSA) is 73.2 Å². The number of carbonyl (C=O) groups is 2. The van der Waals surface area contributed by atoms with E-state index in [9.17, 15) is 9.59 Å². The van der Waals surface area contributed by atoms with Gasteiger partial charge in [-0.15, -0.1) is 0 Å². The Morgan fingerprint density at radius 1 is 1.29 bits per heavy atom. The minimum Gasteiger partial charge on any atom is -0.452 e. The van der Waals surface area contributed by atoms with Crippen LogP contribution in [0.1, 0.15) is 42.7 Å². The van der Waals surface area contributed by atoms with E-state index in [0.717, 1.165) is 18.5 Å². The van der Waals surface area contributed by atoms with Crippen LogP contribution < -0.4 is 5.32 Å². The van der Waals surface area contributed by atoms with Crippen LogP contribution in [0.15, 0.2) is 36.5 Å². The number of hydrogen-bond donors (Lipinski definition) is 1. The summed E-state index contributed by atoms with van der Waals surface area (Å²) in [5.41, 5.74) is 1.89. The van der Waals surface area contributed by atoms with Gasteiger partial charge in [0, 0.05) is 6.04 Å². The van der Waals surface area contributed by atoms with Crippen molar-refractivity contribution < 1.29 is 14.3 Å². The zero-order valence-electron chi connectivity index (χ0n) is 14.3. The molecule has 1 unspecified atom stereocenters. The molecule has 2 aromatic rings. The molecule has 0 aliphatic heterocycles. The third kappa shape index (κ3) is 4.44. The van der Waals surface area contributed by atoms with Gasteiger partial charge in [-0.1, -0.05) is 31.5 Å². The number of rotatable bonds is 7. The summed E-state index contributed by atoms with van der Waals surface area (Å²) in [7, 11) is 0. The smallest absolute Gasteiger partial charge is 0.342 e. The van der Waals surface area contributed by atoms with Gasteiger partial charge < -0.3 is 10.1 Å². The lowest BCUT2D eigenvalue weighted by Crippen LogP contribution is -2.35. The average Bonchev–Trinajstić information content (AvgIpc) is 2.95. The highest BCUT2D eigenvalue weighted by atomic mass is 16.5. The average molecular weight is 329 g/mol. The van der Waals surface area contributed by atoms with Gasteiger partial charge in [0.25, 0.3) is 5.91 Å². The number of nitrogens with one attached hydrogen (secondary N) is 1. The van der Waals surface area contributed by atoms with Crippen LogP contribution in [0.2, 0.25) is 0 Å². The highest BCUT2D eigenvalue weighted by Crippen LogP contribution is 2.14. The number of amides is 1. The van der Waals surface area contributed by atoms with Gasteiger partial charge in [-0.05, 0) is 32.4 Å². The van der Waals surface area contributed by atoms with Crippen molar-refractivity contribution in [3.05, 3.63) is 47.8 Å². The number of aromatic nitrogens is 2. The zero-order valence-corrected chi connectivity index (χ0v) is 14.3. The summed E-state index contributed by atoms with van der Waals surface area (Å²) in [5.74, 6) is -0.842. The highest BCUT2D eigenvalue weighted by molar-refractivity contribution is 5.92. The van der Waals surface area contributed by atoms with Crippen molar-refractivity contribution in [2.24, 2.45) is 0 Å². The first-order chi connectivity index (χ1) is 11.5. The quantitative estimate of drug-likeness (QED) is 0.793. The van der Waals surface area contributed by atoms with E-state index in [1.165, 1.54) is 6.20 Å². The van der Waals surface area contributed by atoms with Crippen molar-refractivity contribution in [3.8, 4) is 5.69 Å². The van der Waals surface area contributed by atoms with Gasteiger partial charge >= 0.3 is 5.97 Å². The molecule has 1 heterocycles. The molecule has 1 amide bonds. The fourth-order valence-electron chi connectivity index (χ4n) is 2.47. The Bertz CT molecular complexity index is 695. The van der Waals surface area contributed by atoms with Crippen molar-refractivity contribution in [1.82, 2.24) is 15.1 Å². The summed E-state index contributed by atoms with van der Waals surface area (Å²) in [5, 5.41) is 7.02. The van der Waals surface area contributed by atoms with Gasteiger partial charge in [0.1, 0.15) is 5.56 Å². The van der Waals surface area contributed by atoms with E-state index in [-0.39, 0.29) is 18.6 Å². The van der Waals surface area contributed by atoms with Gasteiger partial charge in [-0.3, -0.25) is 4.79 Å². The van der Waals surface area contributed by atoms with Crippen LogP contribution >= 0.6 is 0 Å².